The number of amides is 1. The highest BCUT2D eigenvalue weighted by Gasteiger charge is 2.17. The van der Waals surface area contributed by atoms with Crippen LogP contribution in [-0.4, -0.2) is 15.0 Å². The van der Waals surface area contributed by atoms with Crippen molar-refractivity contribution in [2.24, 2.45) is 0 Å². The van der Waals surface area contributed by atoms with Crippen LogP contribution in [0.2, 0.25) is 15.1 Å². The molecule has 0 spiro atoms. The Morgan fingerprint density at radius 3 is 2.19 bits per heavy atom. The number of imidazole rings is 1. The number of anilines is 1. The van der Waals surface area contributed by atoms with Gasteiger partial charge in [0.1, 0.15) is 6.54 Å². The standard InChI is InChI=1S/C18H16Cl3N3O2/c1-2-7-23-14-5-3-4-6-15(14)24(18(23)26)10-16(25)22-17-12(20)8-11(19)9-13(17)21/h3-6,8-9H,2,7,10H2,1H3,(H,22,25). The fourth-order valence-electron chi connectivity index (χ4n) is 2.85. The Kier molecular flexibility index (Phi) is 5.61. The van der Waals surface area contributed by atoms with Gasteiger partial charge in [0.2, 0.25) is 5.91 Å². The average Bonchev–Trinajstić information content (AvgIpc) is 2.84. The summed E-state index contributed by atoms with van der Waals surface area (Å²) < 4.78 is 3.11. The molecule has 2 aromatic carbocycles. The summed E-state index contributed by atoms with van der Waals surface area (Å²) >= 11 is 18.1. The summed E-state index contributed by atoms with van der Waals surface area (Å²) in [6, 6.07) is 10.4. The predicted octanol–water partition coefficient (Wildman–Crippen LogP) is 4.81. The summed E-state index contributed by atoms with van der Waals surface area (Å²) in [5.74, 6) is -0.405. The molecule has 8 heteroatoms. The SMILES string of the molecule is CCCn1c(=O)n(CC(=O)Nc2c(Cl)cc(Cl)cc2Cl)c2ccccc21. The van der Waals surface area contributed by atoms with E-state index < -0.39 is 5.91 Å². The third kappa shape index (κ3) is 3.61. The van der Waals surface area contributed by atoms with E-state index in [2.05, 4.69) is 5.32 Å². The molecule has 1 N–H and O–H groups in total. The van der Waals surface area contributed by atoms with Crippen LogP contribution >= 0.6 is 34.8 Å². The number of nitrogens with zero attached hydrogens (tertiary/aromatic N) is 2. The Bertz CT molecular complexity index is 1020. The third-order valence-electron chi connectivity index (χ3n) is 3.95. The average molecular weight is 413 g/mol. The number of halogens is 3. The molecule has 0 unspecified atom stereocenters. The molecule has 0 aliphatic heterocycles. The third-order valence-corrected chi connectivity index (χ3v) is 4.76. The number of benzene rings is 2. The second kappa shape index (κ2) is 7.74. The summed E-state index contributed by atoms with van der Waals surface area (Å²) in [6.45, 7) is 2.43. The fourth-order valence-corrected chi connectivity index (χ4v) is 3.76. The molecule has 1 heterocycles. The molecular weight excluding hydrogens is 397 g/mol. The number of carbonyl (C=O) groups excluding carboxylic acids is 1. The van der Waals surface area contributed by atoms with Crippen molar-refractivity contribution < 1.29 is 4.79 Å². The van der Waals surface area contributed by atoms with E-state index in [1.807, 2.05) is 31.2 Å². The topological polar surface area (TPSA) is 56.0 Å². The number of rotatable bonds is 5. The van der Waals surface area contributed by atoms with Gasteiger partial charge in [-0.15, -0.1) is 0 Å². The van der Waals surface area contributed by atoms with Crippen molar-refractivity contribution >= 4 is 57.4 Å². The van der Waals surface area contributed by atoms with Gasteiger partial charge < -0.3 is 5.32 Å². The number of aryl methyl sites for hydroxylation is 1. The van der Waals surface area contributed by atoms with Gasteiger partial charge in [0.15, 0.2) is 0 Å². The van der Waals surface area contributed by atoms with Crippen LogP contribution < -0.4 is 11.0 Å². The highest BCUT2D eigenvalue weighted by molar-refractivity contribution is 6.42. The number of aromatic nitrogens is 2. The first-order valence-corrected chi connectivity index (χ1v) is 9.18. The summed E-state index contributed by atoms with van der Waals surface area (Å²) in [4.78, 5) is 25.2. The first kappa shape index (κ1) is 18.8. The molecule has 0 bridgehead atoms. The largest absolute Gasteiger partial charge is 0.329 e. The maximum Gasteiger partial charge on any atom is 0.329 e. The molecule has 136 valence electrons. The van der Waals surface area contributed by atoms with E-state index in [0.717, 1.165) is 11.9 Å². The van der Waals surface area contributed by atoms with Gasteiger partial charge in [0.25, 0.3) is 0 Å². The summed E-state index contributed by atoms with van der Waals surface area (Å²) in [6.07, 6.45) is 0.816. The van der Waals surface area contributed by atoms with E-state index >= 15 is 0 Å². The second-order valence-electron chi connectivity index (χ2n) is 5.80. The molecule has 0 aliphatic rings. The summed E-state index contributed by atoms with van der Waals surface area (Å²) in [7, 11) is 0. The van der Waals surface area contributed by atoms with Crippen molar-refractivity contribution in [2.45, 2.75) is 26.4 Å². The van der Waals surface area contributed by atoms with E-state index in [-0.39, 0.29) is 28.0 Å². The molecule has 3 rings (SSSR count). The Balaban J connectivity index is 1.93. The van der Waals surface area contributed by atoms with Gasteiger partial charge in [0, 0.05) is 11.6 Å². The highest BCUT2D eigenvalue weighted by atomic mass is 35.5. The molecule has 0 atom stereocenters. The van der Waals surface area contributed by atoms with E-state index in [0.29, 0.717) is 17.1 Å². The lowest BCUT2D eigenvalue weighted by Gasteiger charge is -2.10. The van der Waals surface area contributed by atoms with E-state index in [4.69, 9.17) is 34.8 Å². The Hall–Kier alpha value is -1.95. The minimum absolute atomic E-state index is 0.147. The number of hydrogen-bond donors (Lipinski definition) is 1. The summed E-state index contributed by atoms with van der Waals surface area (Å²) in [5, 5.41) is 3.49. The van der Waals surface area contributed by atoms with Crippen LogP contribution in [0.3, 0.4) is 0 Å². The molecule has 3 aromatic rings. The molecule has 1 amide bonds. The van der Waals surface area contributed by atoms with Crippen LogP contribution in [0.4, 0.5) is 5.69 Å². The first-order valence-electron chi connectivity index (χ1n) is 8.04. The Labute approximate surface area is 165 Å². The Morgan fingerprint density at radius 1 is 1.04 bits per heavy atom. The molecule has 0 saturated heterocycles. The normalized spacial score (nSPS) is 11.1. The van der Waals surface area contributed by atoms with Gasteiger partial charge in [-0.3, -0.25) is 13.9 Å². The minimum atomic E-state index is -0.405. The van der Waals surface area contributed by atoms with E-state index in [1.54, 1.807) is 4.57 Å². The number of nitrogens with one attached hydrogen (secondary N) is 1. The summed E-state index contributed by atoms with van der Waals surface area (Å²) in [5.41, 5.74) is 1.55. The molecule has 5 nitrogen and oxygen atoms in total. The van der Waals surface area contributed by atoms with Gasteiger partial charge in [0.05, 0.1) is 26.8 Å². The number of hydrogen-bond acceptors (Lipinski definition) is 2. The highest BCUT2D eigenvalue weighted by Crippen LogP contribution is 2.33. The van der Waals surface area contributed by atoms with Crippen molar-refractivity contribution in [3.8, 4) is 0 Å². The maximum absolute atomic E-state index is 12.7. The second-order valence-corrected chi connectivity index (χ2v) is 7.05. The molecule has 0 aliphatic carbocycles. The van der Waals surface area contributed by atoms with Crippen LogP contribution in [0.5, 0.6) is 0 Å². The zero-order valence-electron chi connectivity index (χ0n) is 13.9. The minimum Gasteiger partial charge on any atom is -0.322 e. The molecule has 0 fully saturated rings. The quantitative estimate of drug-likeness (QED) is 0.653. The number of carbonyl (C=O) groups is 1. The molecular formula is C18H16Cl3N3O2. The maximum atomic E-state index is 12.7. The number of para-hydroxylation sites is 2. The van der Waals surface area contributed by atoms with Crippen LogP contribution in [-0.2, 0) is 17.9 Å². The van der Waals surface area contributed by atoms with Gasteiger partial charge in [-0.2, -0.15) is 0 Å². The lowest BCUT2D eigenvalue weighted by atomic mass is 10.3. The monoisotopic (exact) mass is 411 g/mol. The van der Waals surface area contributed by atoms with Gasteiger partial charge in [-0.25, -0.2) is 4.79 Å². The molecule has 0 saturated carbocycles. The predicted molar refractivity (Wildman–Crippen MR) is 107 cm³/mol. The van der Waals surface area contributed by atoms with Crippen LogP contribution in [0.15, 0.2) is 41.2 Å². The van der Waals surface area contributed by atoms with Crippen LogP contribution in [0.1, 0.15) is 13.3 Å². The Morgan fingerprint density at radius 2 is 1.62 bits per heavy atom. The van der Waals surface area contributed by atoms with E-state index in [9.17, 15) is 9.59 Å². The smallest absolute Gasteiger partial charge is 0.322 e. The van der Waals surface area contributed by atoms with Crippen molar-refractivity contribution in [1.82, 2.24) is 9.13 Å². The van der Waals surface area contributed by atoms with Gasteiger partial charge in [-0.1, -0.05) is 53.9 Å². The zero-order valence-corrected chi connectivity index (χ0v) is 16.2. The lowest BCUT2D eigenvalue weighted by Crippen LogP contribution is -2.29. The molecule has 1 aromatic heterocycles. The fraction of sp³-hybridized carbons (Fsp3) is 0.222. The van der Waals surface area contributed by atoms with Gasteiger partial charge in [-0.05, 0) is 30.7 Å². The van der Waals surface area contributed by atoms with Crippen LogP contribution in [0, 0.1) is 0 Å². The molecule has 0 radical (unpaired) electrons. The zero-order chi connectivity index (χ0) is 18.8. The first-order chi connectivity index (χ1) is 12.4. The van der Waals surface area contributed by atoms with Gasteiger partial charge >= 0.3 is 5.69 Å². The van der Waals surface area contributed by atoms with Crippen molar-refractivity contribution in [1.29, 1.82) is 0 Å². The molecule has 26 heavy (non-hydrogen) atoms. The van der Waals surface area contributed by atoms with Crippen molar-refractivity contribution in [2.75, 3.05) is 5.32 Å². The van der Waals surface area contributed by atoms with Crippen LogP contribution in [0.25, 0.3) is 11.0 Å². The number of fused-ring (bicyclic) bond motifs is 1. The van der Waals surface area contributed by atoms with Crippen molar-refractivity contribution in [3.05, 3.63) is 62.0 Å². The lowest BCUT2D eigenvalue weighted by molar-refractivity contribution is -0.116. The van der Waals surface area contributed by atoms with E-state index in [1.165, 1.54) is 16.7 Å². The van der Waals surface area contributed by atoms with Crippen molar-refractivity contribution in [3.63, 3.8) is 0 Å².